The van der Waals surface area contributed by atoms with Gasteiger partial charge >= 0.3 is 0 Å². The molecule has 1 aromatic carbocycles. The van der Waals surface area contributed by atoms with Crippen molar-refractivity contribution in [3.63, 3.8) is 0 Å². The van der Waals surface area contributed by atoms with Crippen LogP contribution in [0.3, 0.4) is 0 Å². The minimum absolute atomic E-state index is 0.00608. The summed E-state index contributed by atoms with van der Waals surface area (Å²) in [6.07, 6.45) is 0.597. The van der Waals surface area contributed by atoms with Crippen LogP contribution < -0.4 is 5.56 Å². The van der Waals surface area contributed by atoms with E-state index < -0.39 is 0 Å². The third-order valence-electron chi connectivity index (χ3n) is 5.12. The first kappa shape index (κ1) is 17.7. The summed E-state index contributed by atoms with van der Waals surface area (Å²) >= 11 is 1.38. The van der Waals surface area contributed by atoms with E-state index >= 15 is 0 Å². The van der Waals surface area contributed by atoms with Crippen molar-refractivity contribution in [2.75, 3.05) is 6.54 Å². The molecule has 0 atom stereocenters. The zero-order valence-electron chi connectivity index (χ0n) is 15.5. The molecule has 0 saturated carbocycles. The lowest BCUT2D eigenvalue weighted by Crippen LogP contribution is -2.37. The van der Waals surface area contributed by atoms with Crippen molar-refractivity contribution in [3.8, 4) is 0 Å². The van der Waals surface area contributed by atoms with Crippen LogP contribution in [0, 0.1) is 6.92 Å². The van der Waals surface area contributed by atoms with Gasteiger partial charge in [0.2, 0.25) is 0 Å². The van der Waals surface area contributed by atoms with Crippen LogP contribution in [0.1, 0.15) is 39.1 Å². The number of amides is 1. The first-order valence-electron chi connectivity index (χ1n) is 9.14. The number of hydrogen-bond acceptors (Lipinski definition) is 4. The fourth-order valence-corrected chi connectivity index (χ4v) is 4.49. The summed E-state index contributed by atoms with van der Waals surface area (Å²) < 4.78 is 3.84. The molecule has 0 N–H and O–H groups in total. The smallest absolute Gasteiger partial charge is 0.270 e. The molecular weight excluding hydrogens is 360 g/mol. The first-order valence-corrected chi connectivity index (χ1v) is 10.0. The van der Waals surface area contributed by atoms with E-state index in [1.54, 1.807) is 5.51 Å². The Morgan fingerprint density at radius 1 is 1.22 bits per heavy atom. The highest BCUT2D eigenvalue weighted by atomic mass is 32.1. The van der Waals surface area contributed by atoms with Crippen LogP contribution in [0.4, 0.5) is 0 Å². The number of nitrogens with zero attached hydrogens (tertiary/aromatic N) is 4. The molecule has 0 saturated heterocycles. The number of fused-ring (bicyclic) bond motifs is 1. The number of aromatic nitrogens is 3. The van der Waals surface area contributed by atoms with Gasteiger partial charge in [-0.1, -0.05) is 30.3 Å². The average Bonchev–Trinajstić information content (AvgIpc) is 3.23. The van der Waals surface area contributed by atoms with Gasteiger partial charge in [-0.15, -0.1) is 11.3 Å². The maximum absolute atomic E-state index is 13.0. The molecule has 1 amide bonds. The SMILES string of the molecule is CCn1c2c(c(=O)n1Cc1ccccc1)CCN(C(=O)c1scnc1C)C2. The van der Waals surface area contributed by atoms with Gasteiger partial charge in [0, 0.05) is 18.7 Å². The molecule has 3 aromatic rings. The van der Waals surface area contributed by atoms with E-state index in [0.29, 0.717) is 37.5 Å². The highest BCUT2D eigenvalue weighted by Crippen LogP contribution is 2.22. The third kappa shape index (κ3) is 3.12. The summed E-state index contributed by atoms with van der Waals surface area (Å²) in [5.41, 5.74) is 5.44. The van der Waals surface area contributed by atoms with Crippen LogP contribution in [-0.4, -0.2) is 31.7 Å². The minimum Gasteiger partial charge on any atom is -0.332 e. The van der Waals surface area contributed by atoms with E-state index in [-0.39, 0.29) is 11.5 Å². The Hall–Kier alpha value is -2.67. The van der Waals surface area contributed by atoms with Gasteiger partial charge in [0.15, 0.2) is 0 Å². The normalized spacial score (nSPS) is 13.6. The van der Waals surface area contributed by atoms with Crippen molar-refractivity contribution < 1.29 is 4.79 Å². The molecule has 140 valence electrons. The van der Waals surface area contributed by atoms with Crippen LogP contribution in [0.5, 0.6) is 0 Å². The van der Waals surface area contributed by atoms with Gasteiger partial charge in [-0.2, -0.15) is 0 Å². The Morgan fingerprint density at radius 2 is 2.00 bits per heavy atom. The Morgan fingerprint density at radius 3 is 2.67 bits per heavy atom. The Bertz CT molecular complexity index is 1030. The number of benzene rings is 1. The third-order valence-corrected chi connectivity index (χ3v) is 6.03. The molecule has 2 aromatic heterocycles. The lowest BCUT2D eigenvalue weighted by molar-refractivity contribution is 0.0733. The van der Waals surface area contributed by atoms with Gasteiger partial charge in [-0.25, -0.2) is 9.67 Å². The van der Waals surface area contributed by atoms with Gasteiger partial charge in [-0.05, 0) is 25.8 Å². The highest BCUT2D eigenvalue weighted by molar-refractivity contribution is 7.11. The number of hydrogen-bond donors (Lipinski definition) is 0. The van der Waals surface area contributed by atoms with Gasteiger partial charge in [0.25, 0.3) is 11.5 Å². The predicted molar refractivity (Wildman–Crippen MR) is 105 cm³/mol. The minimum atomic E-state index is 0.00608. The maximum Gasteiger partial charge on any atom is 0.270 e. The lowest BCUT2D eigenvalue weighted by atomic mass is 10.1. The monoisotopic (exact) mass is 382 g/mol. The second-order valence-electron chi connectivity index (χ2n) is 6.73. The lowest BCUT2D eigenvalue weighted by Gasteiger charge is -2.27. The molecule has 7 heteroatoms. The number of carbonyl (C=O) groups excluding carboxylic acids is 1. The van der Waals surface area contributed by atoms with Crippen LogP contribution in [0.2, 0.25) is 0 Å². The topological polar surface area (TPSA) is 60.1 Å². The molecule has 27 heavy (non-hydrogen) atoms. The molecule has 0 fully saturated rings. The molecule has 3 heterocycles. The number of aryl methyl sites for hydroxylation is 1. The second-order valence-corrected chi connectivity index (χ2v) is 7.59. The summed E-state index contributed by atoms with van der Waals surface area (Å²) in [6.45, 7) is 6.17. The zero-order chi connectivity index (χ0) is 19.0. The van der Waals surface area contributed by atoms with Crippen LogP contribution in [0.15, 0.2) is 40.6 Å². The molecule has 6 nitrogen and oxygen atoms in total. The van der Waals surface area contributed by atoms with E-state index in [1.165, 1.54) is 11.3 Å². The molecule has 0 bridgehead atoms. The van der Waals surface area contributed by atoms with Crippen molar-refractivity contribution in [2.24, 2.45) is 0 Å². The van der Waals surface area contributed by atoms with E-state index in [2.05, 4.69) is 4.98 Å². The van der Waals surface area contributed by atoms with Crippen molar-refractivity contribution in [1.82, 2.24) is 19.2 Å². The fraction of sp³-hybridized carbons (Fsp3) is 0.350. The molecular formula is C20H22N4O2S. The molecule has 1 aliphatic rings. The van der Waals surface area contributed by atoms with Gasteiger partial charge < -0.3 is 4.90 Å². The van der Waals surface area contributed by atoms with Crippen molar-refractivity contribution in [3.05, 3.63) is 73.6 Å². The van der Waals surface area contributed by atoms with Crippen LogP contribution in [-0.2, 0) is 26.1 Å². The Balaban J connectivity index is 1.67. The van der Waals surface area contributed by atoms with Gasteiger partial charge in [0.05, 0.1) is 30.0 Å². The van der Waals surface area contributed by atoms with Gasteiger partial charge in [-0.3, -0.25) is 14.3 Å². The molecule has 0 spiro atoms. The summed E-state index contributed by atoms with van der Waals surface area (Å²) in [4.78, 5) is 32.6. The first-order chi connectivity index (χ1) is 13.1. The molecule has 0 unspecified atom stereocenters. The van der Waals surface area contributed by atoms with Crippen molar-refractivity contribution in [1.29, 1.82) is 0 Å². The van der Waals surface area contributed by atoms with Crippen molar-refractivity contribution >= 4 is 17.2 Å². The van der Waals surface area contributed by atoms with E-state index in [1.807, 2.05) is 58.4 Å². The second kappa shape index (κ2) is 7.15. The van der Waals surface area contributed by atoms with Crippen LogP contribution >= 0.6 is 11.3 Å². The molecule has 0 radical (unpaired) electrons. The van der Waals surface area contributed by atoms with Crippen LogP contribution in [0.25, 0.3) is 0 Å². The van der Waals surface area contributed by atoms with E-state index in [4.69, 9.17) is 0 Å². The average molecular weight is 382 g/mol. The number of thiazole rings is 1. The standard InChI is InChI=1S/C20H22N4O2S/c1-3-23-17-12-22(20(26)18-14(2)21-13-27-18)10-9-16(17)19(25)24(23)11-15-7-5-4-6-8-15/h4-8,13H,3,9-12H2,1-2H3. The largest absolute Gasteiger partial charge is 0.332 e. The Labute approximate surface area is 161 Å². The maximum atomic E-state index is 13.0. The van der Waals surface area contributed by atoms with E-state index in [0.717, 1.165) is 22.5 Å². The summed E-state index contributed by atoms with van der Waals surface area (Å²) in [5, 5.41) is 0. The van der Waals surface area contributed by atoms with E-state index in [9.17, 15) is 9.59 Å². The number of carbonyl (C=O) groups is 1. The highest BCUT2D eigenvalue weighted by Gasteiger charge is 2.29. The summed E-state index contributed by atoms with van der Waals surface area (Å²) in [5.74, 6) is 0.00608. The fourth-order valence-electron chi connectivity index (χ4n) is 3.72. The Kier molecular flexibility index (Phi) is 4.70. The molecule has 4 rings (SSSR count). The van der Waals surface area contributed by atoms with Gasteiger partial charge in [0.1, 0.15) is 4.88 Å². The predicted octanol–water partition coefficient (Wildman–Crippen LogP) is 2.68. The number of rotatable bonds is 4. The summed E-state index contributed by atoms with van der Waals surface area (Å²) in [6, 6.07) is 10.00. The molecule has 1 aliphatic heterocycles. The quantitative estimate of drug-likeness (QED) is 0.697. The van der Waals surface area contributed by atoms with Crippen molar-refractivity contribution in [2.45, 2.75) is 39.9 Å². The summed E-state index contributed by atoms with van der Waals surface area (Å²) in [7, 11) is 0. The molecule has 0 aliphatic carbocycles. The zero-order valence-corrected chi connectivity index (χ0v) is 16.3.